The van der Waals surface area contributed by atoms with Crippen molar-refractivity contribution in [2.45, 2.75) is 24.3 Å². The van der Waals surface area contributed by atoms with Crippen LogP contribution >= 0.6 is 0 Å². The predicted octanol–water partition coefficient (Wildman–Crippen LogP) is 1.05. The van der Waals surface area contributed by atoms with Crippen molar-refractivity contribution < 1.29 is 18.3 Å². The Bertz CT molecular complexity index is 799. The zero-order valence-corrected chi connectivity index (χ0v) is 12.2. The Morgan fingerprint density at radius 2 is 2.29 bits per heavy atom. The fourth-order valence-corrected chi connectivity index (χ4v) is 4.68. The lowest BCUT2D eigenvalue weighted by atomic mass is 10.0. The van der Waals surface area contributed by atoms with Crippen molar-refractivity contribution in [1.82, 2.24) is 14.3 Å². The number of sulfonamides is 1. The van der Waals surface area contributed by atoms with E-state index in [0.29, 0.717) is 17.5 Å². The van der Waals surface area contributed by atoms with E-state index in [2.05, 4.69) is 9.97 Å². The Morgan fingerprint density at radius 3 is 2.95 bits per heavy atom. The lowest BCUT2D eigenvalue weighted by Gasteiger charge is -2.22. The summed E-state index contributed by atoms with van der Waals surface area (Å²) in [5, 5.41) is 9.65. The SMILES string of the molecule is CC1C(C(=O)O)CCN1S(=O)(=O)c1c[nH]c2ncccc12. The van der Waals surface area contributed by atoms with Crippen LogP contribution in [0.2, 0.25) is 0 Å². The maximum atomic E-state index is 12.8. The Hall–Kier alpha value is -1.93. The largest absolute Gasteiger partial charge is 0.481 e. The van der Waals surface area contributed by atoms with Gasteiger partial charge in [-0.25, -0.2) is 13.4 Å². The summed E-state index contributed by atoms with van der Waals surface area (Å²) in [4.78, 5) is 18.2. The van der Waals surface area contributed by atoms with E-state index < -0.39 is 28.0 Å². The number of nitrogens with one attached hydrogen (secondary N) is 1. The zero-order chi connectivity index (χ0) is 15.2. The van der Waals surface area contributed by atoms with Crippen molar-refractivity contribution in [2.24, 2.45) is 5.92 Å². The van der Waals surface area contributed by atoms with Crippen LogP contribution < -0.4 is 0 Å². The van der Waals surface area contributed by atoms with Gasteiger partial charge in [-0.05, 0) is 25.5 Å². The molecule has 1 aliphatic heterocycles. The molecule has 8 heteroatoms. The highest BCUT2D eigenvalue weighted by atomic mass is 32.2. The van der Waals surface area contributed by atoms with Crippen molar-refractivity contribution in [3.8, 4) is 0 Å². The average Bonchev–Trinajstić information content (AvgIpc) is 3.02. The Kier molecular flexibility index (Phi) is 3.22. The first-order valence-electron chi connectivity index (χ1n) is 6.59. The van der Waals surface area contributed by atoms with Crippen LogP contribution in [0.3, 0.4) is 0 Å². The summed E-state index contributed by atoms with van der Waals surface area (Å²) < 4.78 is 26.8. The molecule has 1 aliphatic rings. The molecule has 2 N–H and O–H groups in total. The van der Waals surface area contributed by atoms with Crippen molar-refractivity contribution in [1.29, 1.82) is 0 Å². The number of fused-ring (bicyclic) bond motifs is 1. The summed E-state index contributed by atoms with van der Waals surface area (Å²) in [5.74, 6) is -1.62. The van der Waals surface area contributed by atoms with E-state index in [9.17, 15) is 13.2 Å². The Morgan fingerprint density at radius 1 is 1.52 bits per heavy atom. The Labute approximate surface area is 121 Å². The van der Waals surface area contributed by atoms with Crippen molar-refractivity contribution in [2.75, 3.05) is 6.54 Å². The monoisotopic (exact) mass is 309 g/mol. The highest BCUT2D eigenvalue weighted by molar-refractivity contribution is 7.89. The van der Waals surface area contributed by atoms with E-state index in [1.807, 2.05) is 0 Å². The van der Waals surface area contributed by atoms with Gasteiger partial charge in [-0.1, -0.05) is 0 Å². The molecule has 0 spiro atoms. The predicted molar refractivity (Wildman–Crippen MR) is 75.2 cm³/mol. The topological polar surface area (TPSA) is 103 Å². The van der Waals surface area contributed by atoms with Gasteiger partial charge in [0.05, 0.1) is 5.92 Å². The minimum atomic E-state index is -3.74. The fraction of sp³-hybridized carbons (Fsp3) is 0.385. The smallest absolute Gasteiger partial charge is 0.308 e. The molecule has 0 radical (unpaired) electrons. The van der Waals surface area contributed by atoms with E-state index in [-0.39, 0.29) is 11.4 Å². The number of aliphatic carboxylic acids is 1. The number of carbonyl (C=O) groups is 1. The van der Waals surface area contributed by atoms with Crippen LogP contribution in [0.5, 0.6) is 0 Å². The molecule has 0 aromatic carbocycles. The molecule has 1 fully saturated rings. The molecule has 2 aromatic rings. The summed E-state index contributed by atoms with van der Waals surface area (Å²) in [6.45, 7) is 1.85. The van der Waals surface area contributed by atoms with Crippen LogP contribution in [0.15, 0.2) is 29.4 Å². The summed E-state index contributed by atoms with van der Waals surface area (Å²) >= 11 is 0. The Balaban J connectivity index is 2.04. The number of aromatic nitrogens is 2. The average molecular weight is 309 g/mol. The van der Waals surface area contributed by atoms with E-state index >= 15 is 0 Å². The molecular weight excluding hydrogens is 294 g/mol. The molecular formula is C13H15N3O4S. The summed E-state index contributed by atoms with van der Waals surface area (Å²) in [7, 11) is -3.74. The standard InChI is InChI=1S/C13H15N3O4S/c1-8-9(13(17)18)4-6-16(8)21(19,20)11-7-15-12-10(11)3-2-5-14-12/h2-3,5,7-9H,4,6H2,1H3,(H,14,15)(H,17,18). The van der Waals surface area contributed by atoms with Gasteiger partial charge in [0.15, 0.2) is 0 Å². The highest BCUT2D eigenvalue weighted by Crippen LogP contribution is 2.32. The third-order valence-electron chi connectivity index (χ3n) is 4.01. The van der Waals surface area contributed by atoms with Gasteiger partial charge in [0.25, 0.3) is 0 Å². The molecule has 7 nitrogen and oxygen atoms in total. The lowest BCUT2D eigenvalue weighted by Crippen LogP contribution is -2.37. The third-order valence-corrected chi connectivity index (χ3v) is 6.04. The lowest BCUT2D eigenvalue weighted by molar-refractivity contribution is -0.142. The van der Waals surface area contributed by atoms with Crippen molar-refractivity contribution >= 4 is 27.0 Å². The quantitative estimate of drug-likeness (QED) is 0.882. The van der Waals surface area contributed by atoms with Crippen LogP contribution in [-0.2, 0) is 14.8 Å². The van der Waals surface area contributed by atoms with E-state index in [0.717, 1.165) is 0 Å². The second-order valence-corrected chi connectivity index (χ2v) is 7.00. The normalized spacial score (nSPS) is 23.7. The minimum Gasteiger partial charge on any atom is -0.481 e. The number of aromatic amines is 1. The van der Waals surface area contributed by atoms with Crippen LogP contribution in [0.4, 0.5) is 0 Å². The van der Waals surface area contributed by atoms with Crippen LogP contribution in [-0.4, -0.2) is 46.4 Å². The number of nitrogens with zero attached hydrogens (tertiary/aromatic N) is 2. The second-order valence-electron chi connectivity index (χ2n) is 5.14. The number of H-pyrrole nitrogens is 1. The first kappa shape index (κ1) is 14.0. The molecule has 112 valence electrons. The van der Waals surface area contributed by atoms with Gasteiger partial charge in [0.1, 0.15) is 10.5 Å². The molecule has 3 heterocycles. The number of hydrogen-bond acceptors (Lipinski definition) is 4. The molecule has 3 rings (SSSR count). The number of hydrogen-bond donors (Lipinski definition) is 2. The summed E-state index contributed by atoms with van der Waals surface area (Å²) in [6.07, 6.45) is 3.32. The number of carboxylic acid groups (broad SMARTS) is 1. The molecule has 0 aliphatic carbocycles. The fourth-order valence-electron chi connectivity index (χ4n) is 2.85. The van der Waals surface area contributed by atoms with Crippen molar-refractivity contribution in [3.05, 3.63) is 24.5 Å². The van der Waals surface area contributed by atoms with Crippen LogP contribution in [0.1, 0.15) is 13.3 Å². The highest BCUT2D eigenvalue weighted by Gasteiger charge is 2.42. The molecule has 1 saturated heterocycles. The minimum absolute atomic E-state index is 0.142. The summed E-state index contributed by atoms with van der Waals surface area (Å²) in [5.41, 5.74) is 0.498. The first-order valence-corrected chi connectivity index (χ1v) is 8.03. The zero-order valence-electron chi connectivity index (χ0n) is 11.4. The van der Waals surface area contributed by atoms with Gasteiger partial charge in [-0.3, -0.25) is 4.79 Å². The van der Waals surface area contributed by atoms with Crippen LogP contribution in [0, 0.1) is 5.92 Å². The molecule has 0 saturated carbocycles. The van der Waals surface area contributed by atoms with Gasteiger partial charge in [-0.15, -0.1) is 0 Å². The molecule has 2 atom stereocenters. The molecule has 0 amide bonds. The maximum Gasteiger partial charge on any atom is 0.308 e. The van der Waals surface area contributed by atoms with Gasteiger partial charge >= 0.3 is 5.97 Å². The molecule has 0 bridgehead atoms. The van der Waals surface area contributed by atoms with Gasteiger partial charge in [-0.2, -0.15) is 4.31 Å². The second kappa shape index (κ2) is 4.81. The van der Waals surface area contributed by atoms with Crippen LogP contribution in [0.25, 0.3) is 11.0 Å². The van der Waals surface area contributed by atoms with Gasteiger partial charge in [0.2, 0.25) is 10.0 Å². The first-order chi connectivity index (χ1) is 9.93. The van der Waals surface area contributed by atoms with Gasteiger partial charge in [0, 0.05) is 30.4 Å². The van der Waals surface area contributed by atoms with Crippen molar-refractivity contribution in [3.63, 3.8) is 0 Å². The third kappa shape index (κ3) is 2.11. The molecule has 2 aromatic heterocycles. The van der Waals surface area contributed by atoms with E-state index in [4.69, 9.17) is 5.11 Å². The summed E-state index contributed by atoms with van der Waals surface area (Å²) in [6, 6.07) is 2.79. The molecule has 2 unspecified atom stereocenters. The van der Waals surface area contributed by atoms with E-state index in [1.165, 1.54) is 10.5 Å². The van der Waals surface area contributed by atoms with Gasteiger partial charge < -0.3 is 10.1 Å². The molecule has 21 heavy (non-hydrogen) atoms. The van der Waals surface area contributed by atoms with E-state index in [1.54, 1.807) is 25.3 Å². The maximum absolute atomic E-state index is 12.8. The number of pyridine rings is 1. The number of rotatable bonds is 3. The number of carboxylic acids is 1.